The van der Waals surface area contributed by atoms with Gasteiger partial charge >= 0.3 is 5.97 Å². The Morgan fingerprint density at radius 2 is 2.00 bits per heavy atom. The molecule has 4 nitrogen and oxygen atoms in total. The molecule has 1 heterocycles. The standard InChI is InChI=1S/C13H13NO3/c1-3-17-13(16)12(15)11-8(2)9-6-4-5-7-10(9)14-11/h4-7,14H,3H2,1-2H3. The molecule has 0 amide bonds. The molecule has 0 aliphatic heterocycles. The van der Waals surface area contributed by atoms with Crippen molar-refractivity contribution in [2.45, 2.75) is 13.8 Å². The maximum Gasteiger partial charge on any atom is 0.381 e. The number of aryl methyl sites for hydroxylation is 1. The number of ether oxygens (including phenoxy) is 1. The van der Waals surface area contributed by atoms with E-state index in [1.165, 1.54) is 0 Å². The van der Waals surface area contributed by atoms with Gasteiger partial charge in [-0.05, 0) is 25.5 Å². The van der Waals surface area contributed by atoms with Gasteiger partial charge in [-0.1, -0.05) is 18.2 Å². The molecule has 0 unspecified atom stereocenters. The number of para-hydroxylation sites is 1. The van der Waals surface area contributed by atoms with E-state index >= 15 is 0 Å². The quantitative estimate of drug-likeness (QED) is 0.500. The highest BCUT2D eigenvalue weighted by molar-refractivity contribution is 6.41. The third-order valence-electron chi connectivity index (χ3n) is 2.65. The molecule has 0 radical (unpaired) electrons. The van der Waals surface area contributed by atoms with Crippen LogP contribution in [0.1, 0.15) is 23.0 Å². The summed E-state index contributed by atoms with van der Waals surface area (Å²) in [6, 6.07) is 7.53. The minimum Gasteiger partial charge on any atom is -0.460 e. The lowest BCUT2D eigenvalue weighted by Gasteiger charge is -1.99. The van der Waals surface area contributed by atoms with E-state index in [1.54, 1.807) is 6.92 Å². The lowest BCUT2D eigenvalue weighted by Crippen LogP contribution is -2.18. The van der Waals surface area contributed by atoms with Gasteiger partial charge in [-0.2, -0.15) is 0 Å². The van der Waals surface area contributed by atoms with E-state index in [9.17, 15) is 9.59 Å². The zero-order valence-electron chi connectivity index (χ0n) is 9.74. The minimum absolute atomic E-state index is 0.198. The number of fused-ring (bicyclic) bond motifs is 1. The fourth-order valence-electron chi connectivity index (χ4n) is 1.81. The molecule has 2 aromatic rings. The number of nitrogens with one attached hydrogen (secondary N) is 1. The van der Waals surface area contributed by atoms with Crippen LogP contribution in [0.5, 0.6) is 0 Å². The largest absolute Gasteiger partial charge is 0.460 e. The smallest absolute Gasteiger partial charge is 0.381 e. The van der Waals surface area contributed by atoms with Gasteiger partial charge in [0.25, 0.3) is 5.78 Å². The lowest BCUT2D eigenvalue weighted by molar-refractivity contribution is -0.137. The molecule has 17 heavy (non-hydrogen) atoms. The highest BCUT2D eigenvalue weighted by Gasteiger charge is 2.22. The molecular weight excluding hydrogens is 218 g/mol. The molecule has 0 fully saturated rings. The molecule has 0 bridgehead atoms. The Balaban J connectivity index is 2.46. The van der Waals surface area contributed by atoms with Gasteiger partial charge in [0.15, 0.2) is 0 Å². The second-order valence-electron chi connectivity index (χ2n) is 3.72. The number of Topliss-reactive ketones (excluding diaryl/α,β-unsaturated/α-hetero) is 1. The number of hydrogen-bond donors (Lipinski definition) is 1. The highest BCUT2D eigenvalue weighted by Crippen LogP contribution is 2.21. The number of esters is 1. The van der Waals surface area contributed by atoms with Gasteiger partial charge in [0.1, 0.15) is 0 Å². The Morgan fingerprint density at radius 1 is 1.29 bits per heavy atom. The van der Waals surface area contributed by atoms with Crippen LogP contribution < -0.4 is 0 Å². The molecule has 1 aromatic carbocycles. The number of carbonyl (C=O) groups is 2. The first-order valence-corrected chi connectivity index (χ1v) is 5.44. The van der Waals surface area contributed by atoms with Crippen molar-refractivity contribution in [1.29, 1.82) is 0 Å². The zero-order chi connectivity index (χ0) is 12.4. The van der Waals surface area contributed by atoms with Crippen molar-refractivity contribution in [2.75, 3.05) is 6.61 Å². The summed E-state index contributed by atoms with van der Waals surface area (Å²) < 4.78 is 4.70. The van der Waals surface area contributed by atoms with Gasteiger partial charge < -0.3 is 9.72 Å². The highest BCUT2D eigenvalue weighted by atomic mass is 16.5. The van der Waals surface area contributed by atoms with Crippen molar-refractivity contribution in [3.05, 3.63) is 35.5 Å². The number of ketones is 1. The van der Waals surface area contributed by atoms with Crippen molar-refractivity contribution in [2.24, 2.45) is 0 Å². The zero-order valence-corrected chi connectivity index (χ0v) is 9.74. The van der Waals surface area contributed by atoms with E-state index < -0.39 is 11.8 Å². The molecule has 88 valence electrons. The Bertz CT molecular complexity index is 583. The first kappa shape index (κ1) is 11.4. The van der Waals surface area contributed by atoms with Crippen LogP contribution in [0.4, 0.5) is 0 Å². The van der Waals surface area contributed by atoms with E-state index in [4.69, 9.17) is 4.74 Å². The fourth-order valence-corrected chi connectivity index (χ4v) is 1.81. The van der Waals surface area contributed by atoms with Gasteiger partial charge in [-0.15, -0.1) is 0 Å². The molecule has 1 aromatic heterocycles. The molecule has 2 rings (SSSR count). The van der Waals surface area contributed by atoms with Crippen molar-refractivity contribution in [3.63, 3.8) is 0 Å². The molecule has 0 aliphatic rings. The van der Waals surface area contributed by atoms with Crippen molar-refractivity contribution in [3.8, 4) is 0 Å². The number of aromatic amines is 1. The Morgan fingerprint density at radius 3 is 2.65 bits per heavy atom. The summed E-state index contributed by atoms with van der Waals surface area (Å²) in [5.74, 6) is -1.44. The third kappa shape index (κ3) is 1.93. The number of hydrogen-bond acceptors (Lipinski definition) is 3. The number of H-pyrrole nitrogens is 1. The molecule has 4 heteroatoms. The van der Waals surface area contributed by atoms with Gasteiger partial charge in [0, 0.05) is 10.9 Å². The Kier molecular flexibility index (Phi) is 2.95. The van der Waals surface area contributed by atoms with E-state index in [0.29, 0.717) is 5.69 Å². The average Bonchev–Trinajstić information content (AvgIpc) is 2.67. The van der Waals surface area contributed by atoms with Crippen molar-refractivity contribution in [1.82, 2.24) is 4.98 Å². The van der Waals surface area contributed by atoms with E-state index in [0.717, 1.165) is 16.5 Å². The molecule has 1 N–H and O–H groups in total. The lowest BCUT2D eigenvalue weighted by atomic mass is 10.1. The summed E-state index contributed by atoms with van der Waals surface area (Å²) in [6.07, 6.45) is 0. The normalized spacial score (nSPS) is 10.5. The summed E-state index contributed by atoms with van der Waals surface area (Å²) in [4.78, 5) is 26.2. The van der Waals surface area contributed by atoms with E-state index in [2.05, 4.69) is 4.98 Å². The first-order chi connectivity index (χ1) is 8.15. The number of aromatic nitrogens is 1. The predicted molar refractivity (Wildman–Crippen MR) is 64.0 cm³/mol. The summed E-state index contributed by atoms with van der Waals surface area (Å²) >= 11 is 0. The first-order valence-electron chi connectivity index (χ1n) is 5.44. The monoisotopic (exact) mass is 231 g/mol. The average molecular weight is 231 g/mol. The van der Waals surface area contributed by atoms with Gasteiger partial charge in [0.2, 0.25) is 0 Å². The second kappa shape index (κ2) is 4.41. The topological polar surface area (TPSA) is 59.2 Å². The van der Waals surface area contributed by atoms with Crippen LogP contribution in [0.25, 0.3) is 10.9 Å². The van der Waals surface area contributed by atoms with Crippen molar-refractivity contribution < 1.29 is 14.3 Å². The van der Waals surface area contributed by atoms with Crippen molar-refractivity contribution >= 4 is 22.7 Å². The van der Waals surface area contributed by atoms with E-state index in [-0.39, 0.29) is 6.61 Å². The second-order valence-corrected chi connectivity index (χ2v) is 3.72. The molecule has 0 saturated heterocycles. The fraction of sp³-hybridized carbons (Fsp3) is 0.231. The summed E-state index contributed by atoms with van der Waals surface area (Å²) in [6.45, 7) is 3.68. The third-order valence-corrected chi connectivity index (χ3v) is 2.65. The van der Waals surface area contributed by atoms with E-state index in [1.807, 2.05) is 31.2 Å². The predicted octanol–water partition coefficient (Wildman–Crippen LogP) is 2.22. The van der Waals surface area contributed by atoms with Gasteiger partial charge in [-0.3, -0.25) is 4.79 Å². The van der Waals surface area contributed by atoms with Gasteiger partial charge in [0.05, 0.1) is 12.3 Å². The van der Waals surface area contributed by atoms with Crippen LogP contribution in [0, 0.1) is 6.92 Å². The summed E-state index contributed by atoms with van der Waals surface area (Å²) in [5, 5.41) is 0.945. The molecule has 0 saturated carbocycles. The maximum atomic E-state index is 11.8. The Labute approximate surface area is 98.6 Å². The van der Waals surface area contributed by atoms with Gasteiger partial charge in [-0.25, -0.2) is 4.79 Å². The molecule has 0 atom stereocenters. The number of rotatable bonds is 3. The van der Waals surface area contributed by atoms with Crippen LogP contribution in [-0.2, 0) is 9.53 Å². The maximum absolute atomic E-state index is 11.8. The SMILES string of the molecule is CCOC(=O)C(=O)c1[nH]c2ccccc2c1C. The Hall–Kier alpha value is -2.10. The van der Waals surface area contributed by atoms with Crippen LogP contribution in [0.15, 0.2) is 24.3 Å². The summed E-state index contributed by atoms with van der Waals surface area (Å²) in [7, 11) is 0. The molecular formula is C13H13NO3. The van der Waals surface area contributed by atoms with Crippen LogP contribution in [0.3, 0.4) is 0 Å². The van der Waals surface area contributed by atoms with Crippen LogP contribution >= 0.6 is 0 Å². The van der Waals surface area contributed by atoms with Crippen LogP contribution in [-0.4, -0.2) is 23.3 Å². The molecule has 0 spiro atoms. The number of benzene rings is 1. The minimum atomic E-state index is -0.817. The molecule has 0 aliphatic carbocycles. The summed E-state index contributed by atoms with van der Waals surface area (Å²) in [5.41, 5.74) is 1.93. The number of carbonyl (C=O) groups excluding carboxylic acids is 2. The van der Waals surface area contributed by atoms with Crippen LogP contribution in [0.2, 0.25) is 0 Å².